The van der Waals surface area contributed by atoms with Crippen molar-refractivity contribution < 1.29 is 29.0 Å². The molecule has 132 valence electrons. The number of aliphatic hydroxyl groups excluding tert-OH is 1. The van der Waals surface area contributed by atoms with Gasteiger partial charge in [-0.3, -0.25) is 4.90 Å². The topological polar surface area (TPSA) is 117 Å². The number of esters is 1. The fraction of sp³-hybridized carbons (Fsp3) is 0.786. The zero-order valence-corrected chi connectivity index (χ0v) is 13.9. The van der Waals surface area contributed by atoms with Gasteiger partial charge in [0.25, 0.3) is 0 Å². The van der Waals surface area contributed by atoms with Gasteiger partial charge in [0.05, 0.1) is 19.2 Å². The number of aliphatic hydroxyl groups is 1. The summed E-state index contributed by atoms with van der Waals surface area (Å²) in [7, 11) is 0. The average molecular weight is 331 g/mol. The van der Waals surface area contributed by atoms with Gasteiger partial charge in [-0.05, 0) is 27.2 Å². The summed E-state index contributed by atoms with van der Waals surface area (Å²) in [5.74, 6) is -0.606. The van der Waals surface area contributed by atoms with E-state index in [1.165, 1.54) is 0 Å². The van der Waals surface area contributed by atoms with Crippen molar-refractivity contribution in [1.29, 1.82) is 0 Å². The number of amides is 3. The molecule has 0 bridgehead atoms. The number of ether oxygens (including phenoxy) is 2. The van der Waals surface area contributed by atoms with Crippen molar-refractivity contribution in [2.24, 2.45) is 0 Å². The SMILES string of the molecule is CC[C@@H](CO)NC(=O)NC[C@H]1C(=O)OCN1C(=O)OC(C)(C)C. The minimum Gasteiger partial charge on any atom is -0.444 e. The van der Waals surface area contributed by atoms with Crippen molar-refractivity contribution in [3.05, 3.63) is 0 Å². The van der Waals surface area contributed by atoms with E-state index in [1.54, 1.807) is 20.8 Å². The van der Waals surface area contributed by atoms with Crippen LogP contribution in [0, 0.1) is 0 Å². The molecule has 1 rings (SSSR count). The lowest BCUT2D eigenvalue weighted by atomic mass is 10.2. The Morgan fingerprint density at radius 1 is 1.48 bits per heavy atom. The molecule has 0 aliphatic carbocycles. The maximum Gasteiger partial charge on any atom is 0.413 e. The summed E-state index contributed by atoms with van der Waals surface area (Å²) in [4.78, 5) is 36.6. The molecule has 2 atom stereocenters. The first-order chi connectivity index (χ1) is 10.7. The minimum atomic E-state index is -0.940. The van der Waals surface area contributed by atoms with E-state index in [0.29, 0.717) is 6.42 Å². The van der Waals surface area contributed by atoms with Crippen molar-refractivity contribution in [3.63, 3.8) is 0 Å². The second kappa shape index (κ2) is 8.00. The molecule has 0 aromatic heterocycles. The first-order valence-corrected chi connectivity index (χ1v) is 7.49. The molecule has 9 heteroatoms. The van der Waals surface area contributed by atoms with Gasteiger partial charge < -0.3 is 25.2 Å². The Morgan fingerprint density at radius 3 is 2.65 bits per heavy atom. The smallest absolute Gasteiger partial charge is 0.413 e. The van der Waals surface area contributed by atoms with Crippen LogP contribution in [0.4, 0.5) is 9.59 Å². The zero-order valence-electron chi connectivity index (χ0n) is 13.9. The summed E-state index contributed by atoms with van der Waals surface area (Å²) in [6.07, 6.45) is -0.114. The third-order valence-electron chi connectivity index (χ3n) is 3.13. The van der Waals surface area contributed by atoms with Gasteiger partial charge in [0.15, 0.2) is 12.8 Å². The van der Waals surface area contributed by atoms with E-state index in [2.05, 4.69) is 10.6 Å². The Labute approximate surface area is 135 Å². The van der Waals surface area contributed by atoms with Gasteiger partial charge in [0.2, 0.25) is 0 Å². The van der Waals surface area contributed by atoms with Crippen LogP contribution in [0.2, 0.25) is 0 Å². The summed E-state index contributed by atoms with van der Waals surface area (Å²) in [5.41, 5.74) is -0.701. The molecule has 3 N–H and O–H groups in total. The van der Waals surface area contributed by atoms with Crippen LogP contribution in [-0.4, -0.2) is 65.7 Å². The van der Waals surface area contributed by atoms with Crippen LogP contribution in [0.15, 0.2) is 0 Å². The van der Waals surface area contributed by atoms with Crippen LogP contribution in [0.25, 0.3) is 0 Å². The largest absolute Gasteiger partial charge is 0.444 e. The summed E-state index contributed by atoms with van der Waals surface area (Å²) in [5, 5.41) is 14.1. The van der Waals surface area contributed by atoms with E-state index >= 15 is 0 Å². The monoisotopic (exact) mass is 331 g/mol. The van der Waals surface area contributed by atoms with E-state index < -0.39 is 29.7 Å². The summed E-state index contributed by atoms with van der Waals surface area (Å²) in [6.45, 7) is 6.46. The van der Waals surface area contributed by atoms with E-state index in [1.807, 2.05) is 6.92 Å². The normalized spacial score (nSPS) is 19.1. The number of rotatable bonds is 5. The van der Waals surface area contributed by atoms with Crippen molar-refractivity contribution in [3.8, 4) is 0 Å². The molecule has 0 aromatic carbocycles. The number of cyclic esters (lactones) is 1. The van der Waals surface area contributed by atoms with Crippen molar-refractivity contribution in [2.45, 2.75) is 51.8 Å². The van der Waals surface area contributed by atoms with Gasteiger partial charge in [0.1, 0.15) is 5.60 Å². The van der Waals surface area contributed by atoms with Crippen molar-refractivity contribution in [2.75, 3.05) is 19.9 Å². The van der Waals surface area contributed by atoms with Crippen LogP contribution in [0.3, 0.4) is 0 Å². The van der Waals surface area contributed by atoms with Gasteiger partial charge >= 0.3 is 18.1 Å². The van der Waals surface area contributed by atoms with Crippen LogP contribution < -0.4 is 10.6 Å². The van der Waals surface area contributed by atoms with Gasteiger partial charge in [-0.1, -0.05) is 6.92 Å². The van der Waals surface area contributed by atoms with Gasteiger partial charge in [0, 0.05) is 0 Å². The summed E-state index contributed by atoms with van der Waals surface area (Å²) < 4.78 is 10.0. The maximum absolute atomic E-state index is 12.0. The fourth-order valence-electron chi connectivity index (χ4n) is 1.84. The Morgan fingerprint density at radius 2 is 2.13 bits per heavy atom. The number of hydrogen-bond donors (Lipinski definition) is 3. The lowest BCUT2D eigenvalue weighted by Gasteiger charge is -2.26. The lowest BCUT2D eigenvalue weighted by molar-refractivity contribution is -0.139. The first-order valence-electron chi connectivity index (χ1n) is 7.49. The first kappa shape index (κ1) is 19.0. The third-order valence-corrected chi connectivity index (χ3v) is 3.13. The van der Waals surface area contributed by atoms with Gasteiger partial charge in [-0.25, -0.2) is 14.4 Å². The number of nitrogens with zero attached hydrogens (tertiary/aromatic N) is 1. The van der Waals surface area contributed by atoms with Gasteiger partial charge in [-0.2, -0.15) is 0 Å². The van der Waals surface area contributed by atoms with Gasteiger partial charge in [-0.15, -0.1) is 0 Å². The van der Waals surface area contributed by atoms with E-state index in [9.17, 15) is 14.4 Å². The molecule has 0 unspecified atom stereocenters. The lowest BCUT2D eigenvalue weighted by Crippen LogP contribution is -2.51. The fourth-order valence-corrected chi connectivity index (χ4v) is 1.84. The van der Waals surface area contributed by atoms with Crippen molar-refractivity contribution >= 4 is 18.1 Å². The average Bonchev–Trinajstić information content (AvgIpc) is 2.82. The second-order valence-corrected chi connectivity index (χ2v) is 6.20. The Balaban J connectivity index is 2.57. The predicted octanol–water partition coefficient (Wildman–Crippen LogP) is 0.177. The number of carbonyl (C=O) groups excluding carboxylic acids is 3. The Bertz CT molecular complexity index is 444. The zero-order chi connectivity index (χ0) is 17.6. The van der Waals surface area contributed by atoms with Crippen LogP contribution in [-0.2, 0) is 14.3 Å². The second-order valence-electron chi connectivity index (χ2n) is 6.20. The minimum absolute atomic E-state index is 0.105. The van der Waals surface area contributed by atoms with E-state index in [-0.39, 0.29) is 25.9 Å². The number of nitrogens with one attached hydrogen (secondary N) is 2. The molecule has 1 saturated heterocycles. The molecular weight excluding hydrogens is 306 g/mol. The quantitative estimate of drug-likeness (QED) is 0.619. The van der Waals surface area contributed by atoms with Crippen LogP contribution in [0.5, 0.6) is 0 Å². The highest BCUT2D eigenvalue weighted by atomic mass is 16.6. The molecule has 0 radical (unpaired) electrons. The van der Waals surface area contributed by atoms with Crippen LogP contribution in [0.1, 0.15) is 34.1 Å². The highest BCUT2D eigenvalue weighted by Gasteiger charge is 2.40. The Kier molecular flexibility index (Phi) is 6.62. The number of hydrogen-bond acceptors (Lipinski definition) is 6. The van der Waals surface area contributed by atoms with E-state index in [4.69, 9.17) is 14.6 Å². The van der Waals surface area contributed by atoms with E-state index in [0.717, 1.165) is 4.90 Å². The Hall–Kier alpha value is -2.03. The molecule has 23 heavy (non-hydrogen) atoms. The predicted molar refractivity (Wildman–Crippen MR) is 80.5 cm³/mol. The summed E-state index contributed by atoms with van der Waals surface area (Å²) >= 11 is 0. The number of carbonyl (C=O) groups is 3. The van der Waals surface area contributed by atoms with Crippen LogP contribution >= 0.6 is 0 Å². The molecule has 1 aliphatic rings. The standard InChI is InChI=1S/C14H25N3O6/c1-5-9(7-18)16-12(20)15-6-10-11(19)22-8-17(10)13(21)23-14(2,3)4/h9-10,18H,5-8H2,1-4H3,(H2,15,16,20)/t9-,10-/m0/s1. The number of urea groups is 1. The summed E-state index contributed by atoms with van der Waals surface area (Å²) in [6, 6.07) is -1.84. The molecule has 1 fully saturated rings. The highest BCUT2D eigenvalue weighted by Crippen LogP contribution is 2.16. The molecule has 0 aromatic rings. The maximum atomic E-state index is 12.0. The van der Waals surface area contributed by atoms with Crippen molar-refractivity contribution in [1.82, 2.24) is 15.5 Å². The molecule has 9 nitrogen and oxygen atoms in total. The highest BCUT2D eigenvalue weighted by molar-refractivity contribution is 5.85. The third kappa shape index (κ3) is 5.93. The molecule has 3 amide bonds. The molecule has 0 saturated carbocycles. The molecule has 1 heterocycles. The molecular formula is C14H25N3O6. The molecule has 0 spiro atoms. The molecule has 1 aliphatic heterocycles.